The summed E-state index contributed by atoms with van der Waals surface area (Å²) in [5, 5.41) is 4.40. The van der Waals surface area contributed by atoms with Gasteiger partial charge in [0.15, 0.2) is 0 Å². The lowest BCUT2D eigenvalue weighted by atomic mass is 9.95. The molecule has 104 valence electrons. The first-order chi connectivity index (χ1) is 9.70. The Bertz CT molecular complexity index is 673. The Hall–Kier alpha value is -1.68. The molecule has 2 bridgehead atoms. The number of hydrogen-bond donors (Lipinski definition) is 1. The Morgan fingerprint density at radius 1 is 1.35 bits per heavy atom. The lowest BCUT2D eigenvalue weighted by Gasteiger charge is -2.22. The van der Waals surface area contributed by atoms with Crippen LogP contribution in [0.15, 0.2) is 24.3 Å². The van der Waals surface area contributed by atoms with Gasteiger partial charge in [0.05, 0.1) is 18.2 Å². The standard InChI is InChI=1S/C16H17FN2O/c1-9-7-13(11-3-2-4-12(17)16(11)18-9)19-14-8-10-5-6-15(14)20-10/h2-4,7,10,14-15H,5-6,8H2,1H3,(H,18,19). The molecule has 2 fully saturated rings. The van der Waals surface area contributed by atoms with Crippen LogP contribution in [0.2, 0.25) is 0 Å². The van der Waals surface area contributed by atoms with Gasteiger partial charge in [0.2, 0.25) is 0 Å². The molecule has 1 aromatic heterocycles. The van der Waals surface area contributed by atoms with Crippen LogP contribution in [-0.2, 0) is 4.74 Å². The maximum absolute atomic E-state index is 13.9. The van der Waals surface area contributed by atoms with Crippen LogP contribution in [0.25, 0.3) is 10.9 Å². The molecule has 0 amide bonds. The number of aromatic nitrogens is 1. The molecule has 2 aliphatic heterocycles. The molecule has 2 aromatic rings. The number of pyridine rings is 1. The summed E-state index contributed by atoms with van der Waals surface area (Å²) in [6.07, 6.45) is 4.05. The molecule has 0 aliphatic carbocycles. The first-order valence-electron chi connectivity index (χ1n) is 7.18. The number of halogens is 1. The Morgan fingerprint density at radius 2 is 2.25 bits per heavy atom. The van der Waals surface area contributed by atoms with Crippen molar-refractivity contribution in [3.05, 3.63) is 35.8 Å². The Balaban J connectivity index is 1.74. The summed E-state index contributed by atoms with van der Waals surface area (Å²) < 4.78 is 19.8. The second kappa shape index (κ2) is 4.42. The van der Waals surface area contributed by atoms with Crippen molar-refractivity contribution in [1.29, 1.82) is 0 Å². The van der Waals surface area contributed by atoms with Gasteiger partial charge in [0.1, 0.15) is 11.3 Å². The number of hydrogen-bond acceptors (Lipinski definition) is 3. The van der Waals surface area contributed by atoms with E-state index in [4.69, 9.17) is 4.74 Å². The molecule has 3 nitrogen and oxygen atoms in total. The van der Waals surface area contributed by atoms with E-state index in [0.29, 0.717) is 23.8 Å². The summed E-state index contributed by atoms with van der Waals surface area (Å²) in [4.78, 5) is 4.31. The van der Waals surface area contributed by atoms with E-state index in [1.54, 1.807) is 6.07 Å². The number of aryl methyl sites for hydroxylation is 1. The minimum Gasteiger partial charge on any atom is -0.379 e. The highest BCUT2D eigenvalue weighted by molar-refractivity contribution is 5.92. The zero-order valence-electron chi connectivity index (χ0n) is 11.4. The molecule has 3 heterocycles. The molecule has 1 N–H and O–H groups in total. The van der Waals surface area contributed by atoms with Crippen LogP contribution in [0.5, 0.6) is 0 Å². The number of nitrogens with zero attached hydrogens (tertiary/aromatic N) is 1. The smallest absolute Gasteiger partial charge is 0.149 e. The molecular weight excluding hydrogens is 255 g/mol. The first-order valence-corrected chi connectivity index (χ1v) is 7.18. The van der Waals surface area contributed by atoms with E-state index < -0.39 is 0 Å². The average molecular weight is 272 g/mol. The van der Waals surface area contributed by atoms with E-state index in [1.165, 1.54) is 12.5 Å². The second-order valence-corrected chi connectivity index (χ2v) is 5.81. The van der Waals surface area contributed by atoms with Crippen LogP contribution in [0, 0.1) is 12.7 Å². The fourth-order valence-electron chi connectivity index (χ4n) is 3.45. The normalized spacial score (nSPS) is 28.2. The maximum Gasteiger partial charge on any atom is 0.149 e. The maximum atomic E-state index is 13.9. The van der Waals surface area contributed by atoms with Crippen LogP contribution < -0.4 is 5.32 Å². The summed E-state index contributed by atoms with van der Waals surface area (Å²) >= 11 is 0. The number of anilines is 1. The van der Waals surface area contributed by atoms with Crippen LogP contribution in [-0.4, -0.2) is 23.2 Å². The lowest BCUT2D eigenvalue weighted by molar-refractivity contribution is 0.102. The van der Waals surface area contributed by atoms with Crippen LogP contribution in [0.1, 0.15) is 25.0 Å². The summed E-state index contributed by atoms with van der Waals surface area (Å²) in [6, 6.07) is 7.44. The summed E-state index contributed by atoms with van der Waals surface area (Å²) in [5.41, 5.74) is 2.24. The summed E-state index contributed by atoms with van der Waals surface area (Å²) in [5.74, 6) is -0.265. The van der Waals surface area contributed by atoms with Crippen LogP contribution in [0.4, 0.5) is 10.1 Å². The lowest BCUT2D eigenvalue weighted by Crippen LogP contribution is -2.30. The van der Waals surface area contributed by atoms with Gasteiger partial charge in [0, 0.05) is 16.8 Å². The van der Waals surface area contributed by atoms with E-state index >= 15 is 0 Å². The largest absolute Gasteiger partial charge is 0.379 e. The fourth-order valence-corrected chi connectivity index (χ4v) is 3.45. The molecule has 3 atom stereocenters. The van der Waals surface area contributed by atoms with E-state index in [2.05, 4.69) is 10.3 Å². The Kier molecular flexibility index (Phi) is 2.67. The number of para-hydroxylation sites is 1. The number of nitrogens with one attached hydrogen (secondary N) is 1. The number of benzene rings is 1. The molecule has 0 spiro atoms. The number of rotatable bonds is 2. The second-order valence-electron chi connectivity index (χ2n) is 5.81. The van der Waals surface area contributed by atoms with Crippen molar-refractivity contribution < 1.29 is 9.13 Å². The topological polar surface area (TPSA) is 34.1 Å². The van der Waals surface area contributed by atoms with Gasteiger partial charge in [-0.1, -0.05) is 12.1 Å². The van der Waals surface area contributed by atoms with Gasteiger partial charge in [-0.25, -0.2) is 9.37 Å². The average Bonchev–Trinajstić information content (AvgIpc) is 3.02. The van der Waals surface area contributed by atoms with Crippen LogP contribution in [0.3, 0.4) is 0 Å². The number of ether oxygens (including phenoxy) is 1. The minimum atomic E-state index is -0.265. The van der Waals surface area contributed by atoms with Crippen molar-refractivity contribution >= 4 is 16.6 Å². The van der Waals surface area contributed by atoms with E-state index in [1.807, 2.05) is 19.1 Å². The molecule has 4 heteroatoms. The van der Waals surface area contributed by atoms with Crippen molar-refractivity contribution in [2.45, 2.75) is 44.4 Å². The molecule has 3 unspecified atom stereocenters. The third-order valence-electron chi connectivity index (χ3n) is 4.37. The van der Waals surface area contributed by atoms with Crippen molar-refractivity contribution in [3.8, 4) is 0 Å². The molecule has 0 radical (unpaired) electrons. The summed E-state index contributed by atoms with van der Waals surface area (Å²) in [6.45, 7) is 1.90. The van der Waals surface area contributed by atoms with Gasteiger partial charge < -0.3 is 10.1 Å². The van der Waals surface area contributed by atoms with Gasteiger partial charge in [-0.15, -0.1) is 0 Å². The molecule has 4 rings (SSSR count). The monoisotopic (exact) mass is 272 g/mol. The predicted octanol–water partition coefficient (Wildman–Crippen LogP) is 3.41. The van der Waals surface area contributed by atoms with Crippen molar-refractivity contribution in [3.63, 3.8) is 0 Å². The third kappa shape index (κ3) is 1.86. The number of fused-ring (bicyclic) bond motifs is 3. The minimum absolute atomic E-state index is 0.265. The molecular formula is C16H17FN2O. The van der Waals surface area contributed by atoms with E-state index in [-0.39, 0.29) is 5.82 Å². The zero-order chi connectivity index (χ0) is 13.7. The SMILES string of the molecule is Cc1cc(NC2CC3CCC2O3)c2cccc(F)c2n1. The molecule has 1 aromatic carbocycles. The van der Waals surface area contributed by atoms with Gasteiger partial charge in [-0.2, -0.15) is 0 Å². The van der Waals surface area contributed by atoms with Crippen molar-refractivity contribution in [2.75, 3.05) is 5.32 Å². The van der Waals surface area contributed by atoms with Crippen LogP contribution >= 0.6 is 0 Å². The molecule has 2 aliphatic rings. The Labute approximate surface area is 117 Å². The summed E-state index contributed by atoms with van der Waals surface area (Å²) in [7, 11) is 0. The van der Waals surface area contributed by atoms with Gasteiger partial charge in [0.25, 0.3) is 0 Å². The van der Waals surface area contributed by atoms with Gasteiger partial charge in [-0.3, -0.25) is 0 Å². The van der Waals surface area contributed by atoms with E-state index in [9.17, 15) is 4.39 Å². The van der Waals surface area contributed by atoms with Crippen molar-refractivity contribution in [1.82, 2.24) is 4.98 Å². The highest BCUT2D eigenvalue weighted by Gasteiger charge is 2.40. The predicted molar refractivity (Wildman–Crippen MR) is 76.4 cm³/mol. The highest BCUT2D eigenvalue weighted by atomic mass is 19.1. The molecule has 20 heavy (non-hydrogen) atoms. The molecule has 2 saturated heterocycles. The van der Waals surface area contributed by atoms with Gasteiger partial charge >= 0.3 is 0 Å². The Morgan fingerprint density at radius 3 is 3.00 bits per heavy atom. The molecule has 0 saturated carbocycles. The zero-order valence-corrected chi connectivity index (χ0v) is 11.4. The van der Waals surface area contributed by atoms with Gasteiger partial charge in [-0.05, 0) is 38.3 Å². The fraction of sp³-hybridized carbons (Fsp3) is 0.438. The van der Waals surface area contributed by atoms with Crippen molar-refractivity contribution in [2.24, 2.45) is 0 Å². The first kappa shape index (κ1) is 12.1. The highest BCUT2D eigenvalue weighted by Crippen LogP contribution is 2.37. The quantitative estimate of drug-likeness (QED) is 0.909. The van der Waals surface area contributed by atoms with E-state index in [0.717, 1.165) is 29.6 Å². The third-order valence-corrected chi connectivity index (χ3v) is 4.37.